The number of hydrogen-bond donors (Lipinski definition) is 4. The Balaban J connectivity index is 2.27. The normalized spacial score (nSPS) is 19.7. The Morgan fingerprint density at radius 1 is 1.06 bits per heavy atom. The molecule has 0 saturated carbocycles. The van der Waals surface area contributed by atoms with Crippen LogP contribution in [0.2, 0.25) is 0 Å². The Morgan fingerprint density at radius 3 is 2.33 bits per heavy atom. The lowest BCUT2D eigenvalue weighted by molar-refractivity contribution is -0.0174. The first-order valence-corrected chi connectivity index (χ1v) is 5.19. The van der Waals surface area contributed by atoms with Crippen molar-refractivity contribution in [2.75, 3.05) is 6.61 Å². The summed E-state index contributed by atoms with van der Waals surface area (Å²) in [6, 6.07) is 8.45. The molecule has 1 aliphatic heterocycles. The highest BCUT2D eigenvalue weighted by atomic mass is 16.7. The van der Waals surface area contributed by atoms with Crippen LogP contribution in [0.25, 0.3) is 0 Å². The number of rotatable bonds is 3. The van der Waals surface area contributed by atoms with E-state index in [1.807, 2.05) is 0 Å². The van der Waals surface area contributed by atoms with E-state index >= 15 is 0 Å². The van der Waals surface area contributed by atoms with Crippen LogP contribution in [0.15, 0.2) is 53.6 Å². The summed E-state index contributed by atoms with van der Waals surface area (Å²) >= 11 is 0. The van der Waals surface area contributed by atoms with E-state index in [2.05, 4.69) is 0 Å². The molecular formula is C12H12O6. The fourth-order valence-electron chi connectivity index (χ4n) is 1.40. The molecule has 1 atom stereocenters. The van der Waals surface area contributed by atoms with Gasteiger partial charge in [0.05, 0.1) is 6.61 Å². The van der Waals surface area contributed by atoms with E-state index in [4.69, 9.17) is 14.6 Å². The van der Waals surface area contributed by atoms with Crippen molar-refractivity contribution in [2.24, 2.45) is 0 Å². The van der Waals surface area contributed by atoms with Gasteiger partial charge in [0, 0.05) is 0 Å². The van der Waals surface area contributed by atoms with Gasteiger partial charge in [0.1, 0.15) is 5.75 Å². The summed E-state index contributed by atoms with van der Waals surface area (Å²) in [5.74, 6) is -2.14. The molecule has 0 fully saturated rings. The summed E-state index contributed by atoms with van der Waals surface area (Å²) in [7, 11) is 0. The van der Waals surface area contributed by atoms with Crippen LogP contribution in [-0.2, 0) is 4.74 Å². The molecule has 0 radical (unpaired) electrons. The molecule has 1 aromatic rings. The molecule has 96 valence electrons. The van der Waals surface area contributed by atoms with Gasteiger partial charge in [-0.05, 0) is 12.1 Å². The molecule has 6 nitrogen and oxygen atoms in total. The average molecular weight is 252 g/mol. The quantitative estimate of drug-likeness (QED) is 0.650. The maximum absolute atomic E-state index is 9.56. The summed E-state index contributed by atoms with van der Waals surface area (Å²) in [6.07, 6.45) is -1.17. The molecular weight excluding hydrogens is 240 g/mol. The van der Waals surface area contributed by atoms with Crippen molar-refractivity contribution in [3.63, 3.8) is 0 Å². The van der Waals surface area contributed by atoms with Crippen LogP contribution in [0.4, 0.5) is 0 Å². The number of hydrogen-bond acceptors (Lipinski definition) is 6. The second-order valence-electron chi connectivity index (χ2n) is 3.57. The zero-order valence-electron chi connectivity index (χ0n) is 9.28. The topological polar surface area (TPSA) is 99.4 Å². The first kappa shape index (κ1) is 12.1. The van der Waals surface area contributed by atoms with Crippen molar-refractivity contribution < 1.29 is 29.9 Å². The van der Waals surface area contributed by atoms with Crippen molar-refractivity contribution in [2.45, 2.75) is 6.10 Å². The van der Waals surface area contributed by atoms with E-state index in [0.717, 1.165) is 0 Å². The van der Waals surface area contributed by atoms with E-state index < -0.39 is 30.0 Å². The minimum absolute atomic E-state index is 0.379. The largest absolute Gasteiger partial charge is 0.505 e. The molecule has 0 saturated heterocycles. The Morgan fingerprint density at radius 2 is 1.72 bits per heavy atom. The number of ether oxygens (including phenoxy) is 2. The first-order valence-electron chi connectivity index (χ1n) is 5.19. The van der Waals surface area contributed by atoms with E-state index in [0.29, 0.717) is 5.75 Å². The van der Waals surface area contributed by atoms with E-state index in [-0.39, 0.29) is 5.95 Å². The van der Waals surface area contributed by atoms with Gasteiger partial charge in [-0.2, -0.15) is 0 Å². The van der Waals surface area contributed by atoms with E-state index in [1.54, 1.807) is 30.3 Å². The van der Waals surface area contributed by atoms with Crippen molar-refractivity contribution >= 4 is 0 Å². The van der Waals surface area contributed by atoms with Crippen molar-refractivity contribution in [3.8, 4) is 5.75 Å². The number of aliphatic hydroxyl groups excluding tert-OH is 4. The van der Waals surface area contributed by atoms with Crippen LogP contribution in [0.3, 0.4) is 0 Å². The van der Waals surface area contributed by atoms with Gasteiger partial charge in [-0.25, -0.2) is 0 Å². The average Bonchev–Trinajstić information content (AvgIpc) is 2.40. The third-order valence-electron chi connectivity index (χ3n) is 2.33. The molecule has 0 aromatic heterocycles. The van der Waals surface area contributed by atoms with Crippen LogP contribution in [0, 0.1) is 0 Å². The van der Waals surface area contributed by atoms with Gasteiger partial charge in [-0.1, -0.05) is 18.2 Å². The SMILES string of the molecule is OCC1OC(Oc2ccccc2)=C(O)C(O)=C1O. The van der Waals surface area contributed by atoms with Crippen LogP contribution < -0.4 is 4.74 Å². The molecule has 1 aromatic carbocycles. The number of aliphatic hydroxyl groups is 4. The predicted molar refractivity (Wildman–Crippen MR) is 61.0 cm³/mol. The smallest absolute Gasteiger partial charge is 0.333 e. The van der Waals surface area contributed by atoms with Crippen molar-refractivity contribution in [3.05, 3.63) is 53.6 Å². The minimum atomic E-state index is -1.17. The van der Waals surface area contributed by atoms with Gasteiger partial charge < -0.3 is 29.9 Å². The lowest BCUT2D eigenvalue weighted by Gasteiger charge is -2.23. The molecule has 0 aliphatic carbocycles. The Hall–Kier alpha value is -2.34. The minimum Gasteiger partial charge on any atom is -0.505 e. The summed E-state index contributed by atoms with van der Waals surface area (Å²) in [5, 5.41) is 37.4. The van der Waals surface area contributed by atoms with Gasteiger partial charge in [-0.3, -0.25) is 0 Å². The molecule has 0 spiro atoms. The molecule has 1 heterocycles. The Bertz CT molecular complexity index is 491. The fourth-order valence-corrected chi connectivity index (χ4v) is 1.40. The van der Waals surface area contributed by atoms with Crippen LogP contribution in [0.5, 0.6) is 5.75 Å². The molecule has 0 bridgehead atoms. The lowest BCUT2D eigenvalue weighted by Crippen LogP contribution is -2.28. The monoisotopic (exact) mass is 252 g/mol. The van der Waals surface area contributed by atoms with E-state index in [9.17, 15) is 15.3 Å². The predicted octanol–water partition coefficient (Wildman–Crippen LogP) is 1.51. The van der Waals surface area contributed by atoms with Crippen LogP contribution >= 0.6 is 0 Å². The van der Waals surface area contributed by atoms with Crippen LogP contribution in [-0.4, -0.2) is 33.1 Å². The first-order chi connectivity index (χ1) is 8.63. The molecule has 1 aliphatic rings. The Kier molecular flexibility index (Phi) is 3.29. The molecule has 1 unspecified atom stereocenters. The zero-order valence-corrected chi connectivity index (χ0v) is 9.28. The highest BCUT2D eigenvalue weighted by Gasteiger charge is 2.32. The maximum atomic E-state index is 9.56. The maximum Gasteiger partial charge on any atom is 0.333 e. The summed E-state index contributed by atoms with van der Waals surface area (Å²) in [5.41, 5.74) is 0. The lowest BCUT2D eigenvalue weighted by atomic mass is 10.2. The molecule has 18 heavy (non-hydrogen) atoms. The van der Waals surface area contributed by atoms with Gasteiger partial charge in [0.2, 0.25) is 11.5 Å². The summed E-state index contributed by atoms with van der Waals surface area (Å²) in [4.78, 5) is 0. The zero-order chi connectivity index (χ0) is 13.1. The van der Waals surface area contributed by atoms with Gasteiger partial charge in [-0.15, -0.1) is 0 Å². The molecule has 4 N–H and O–H groups in total. The van der Waals surface area contributed by atoms with Gasteiger partial charge in [0.25, 0.3) is 0 Å². The van der Waals surface area contributed by atoms with Gasteiger partial charge in [0.15, 0.2) is 11.9 Å². The second kappa shape index (κ2) is 4.89. The van der Waals surface area contributed by atoms with Crippen molar-refractivity contribution in [1.29, 1.82) is 0 Å². The summed E-state index contributed by atoms with van der Waals surface area (Å²) < 4.78 is 10.2. The number of benzene rings is 1. The summed E-state index contributed by atoms with van der Waals surface area (Å²) in [6.45, 7) is -0.565. The fraction of sp³-hybridized carbons (Fsp3) is 0.167. The third-order valence-corrected chi connectivity index (χ3v) is 2.33. The highest BCUT2D eigenvalue weighted by Crippen LogP contribution is 2.27. The van der Waals surface area contributed by atoms with Gasteiger partial charge >= 0.3 is 5.95 Å². The van der Waals surface area contributed by atoms with E-state index in [1.165, 1.54) is 0 Å². The molecule has 0 amide bonds. The Labute approximate surface area is 103 Å². The van der Waals surface area contributed by atoms with Crippen molar-refractivity contribution in [1.82, 2.24) is 0 Å². The highest BCUT2D eigenvalue weighted by molar-refractivity contribution is 5.30. The standard InChI is InChI=1S/C12H12O6/c13-6-8-9(14)10(15)11(16)12(18-8)17-7-4-2-1-3-5-7/h1-5,8,13-16H,6H2. The number of para-hydroxylation sites is 1. The molecule has 2 rings (SSSR count). The van der Waals surface area contributed by atoms with Crippen LogP contribution in [0.1, 0.15) is 0 Å². The second-order valence-corrected chi connectivity index (χ2v) is 3.57. The third kappa shape index (κ3) is 2.18. The molecule has 6 heteroatoms.